The Bertz CT molecular complexity index is 449. The van der Waals surface area contributed by atoms with E-state index in [1.807, 2.05) is 0 Å². The monoisotopic (exact) mass is 196 g/mol. The summed E-state index contributed by atoms with van der Waals surface area (Å²) in [5.74, 6) is 1.11. The maximum absolute atomic E-state index is 5.37. The van der Waals surface area contributed by atoms with Crippen molar-refractivity contribution in [2.24, 2.45) is 10.7 Å². The number of nitrogens with zero attached hydrogens (tertiary/aromatic N) is 2. The van der Waals surface area contributed by atoms with Crippen LogP contribution in [0.15, 0.2) is 10.5 Å². The van der Waals surface area contributed by atoms with E-state index in [0.29, 0.717) is 23.6 Å². The summed E-state index contributed by atoms with van der Waals surface area (Å²) in [4.78, 5) is 13.2. The van der Waals surface area contributed by atoms with Gasteiger partial charge in [-0.25, -0.2) is 10.5 Å². The van der Waals surface area contributed by atoms with Crippen molar-refractivity contribution < 1.29 is 4.84 Å². The third kappa shape index (κ3) is 1.41. The second kappa shape index (κ2) is 3.15. The molecule has 0 fully saturated rings. The van der Waals surface area contributed by atoms with E-state index >= 15 is 0 Å². The molecule has 0 amide bonds. The summed E-state index contributed by atoms with van der Waals surface area (Å²) in [6.45, 7) is 4.07. The van der Waals surface area contributed by atoms with Gasteiger partial charge in [-0.3, -0.25) is 0 Å². The van der Waals surface area contributed by atoms with Gasteiger partial charge in [0.1, 0.15) is 4.53 Å². The number of hydroxylamine groups is 1. The Morgan fingerprint density at radius 3 is 3.08 bits per heavy atom. The van der Waals surface area contributed by atoms with Crippen molar-refractivity contribution in [3.05, 3.63) is 15.4 Å². The van der Waals surface area contributed by atoms with Gasteiger partial charge in [0.25, 0.3) is 5.88 Å². The quantitative estimate of drug-likeness (QED) is 0.574. The van der Waals surface area contributed by atoms with Gasteiger partial charge in [-0.2, -0.15) is 4.99 Å². The van der Waals surface area contributed by atoms with Crippen LogP contribution in [0.1, 0.15) is 0 Å². The first-order valence-electron chi connectivity index (χ1n) is 3.64. The zero-order valence-electron chi connectivity index (χ0n) is 6.78. The fraction of sp³-hybridized carbons (Fsp3) is 0.143. The lowest BCUT2D eigenvalue weighted by atomic mass is 10.6. The standard InChI is InChI=1S/C7H8N4OS/c1-4-6(13-3-9-4)7-10-5(2-8)11-12-7/h3H,1-2,8H2,(H,10,11). The molecule has 5 nitrogen and oxygen atoms in total. The number of thiazole rings is 1. The summed E-state index contributed by atoms with van der Waals surface area (Å²) in [6, 6.07) is 0. The molecule has 0 unspecified atom stereocenters. The van der Waals surface area contributed by atoms with Crippen LogP contribution in [0.2, 0.25) is 0 Å². The molecular weight excluding hydrogens is 188 g/mol. The van der Waals surface area contributed by atoms with Crippen LogP contribution in [-0.4, -0.2) is 17.4 Å². The highest BCUT2D eigenvalue weighted by molar-refractivity contribution is 7.07. The van der Waals surface area contributed by atoms with Gasteiger partial charge in [-0.05, 0) is 0 Å². The second-order valence-electron chi connectivity index (χ2n) is 2.40. The SMILES string of the molecule is C=c1ncsc1=C1N=C(CN)NO1. The van der Waals surface area contributed by atoms with E-state index in [2.05, 4.69) is 22.0 Å². The molecule has 1 aromatic rings. The summed E-state index contributed by atoms with van der Waals surface area (Å²) in [6.07, 6.45) is 0. The van der Waals surface area contributed by atoms with E-state index in [1.165, 1.54) is 11.3 Å². The van der Waals surface area contributed by atoms with Gasteiger partial charge >= 0.3 is 0 Å². The molecule has 1 aromatic heterocycles. The first-order valence-corrected chi connectivity index (χ1v) is 4.52. The summed E-state index contributed by atoms with van der Waals surface area (Å²) in [5, 5.41) is 0.670. The number of aliphatic imine (C=N–C) groups is 1. The minimum Gasteiger partial charge on any atom is -0.359 e. The summed E-state index contributed by atoms with van der Waals surface area (Å²) in [7, 11) is 0. The van der Waals surface area contributed by atoms with E-state index < -0.39 is 0 Å². The normalized spacial score (nSPS) is 19.3. The molecule has 1 aliphatic heterocycles. The van der Waals surface area contributed by atoms with Gasteiger partial charge in [0.2, 0.25) is 0 Å². The molecular formula is C7H8N4OS. The molecule has 6 heteroatoms. The molecule has 68 valence electrons. The number of hydrogen-bond acceptors (Lipinski definition) is 6. The highest BCUT2D eigenvalue weighted by Gasteiger charge is 2.11. The molecule has 0 saturated carbocycles. The number of hydrogen-bond donors (Lipinski definition) is 2. The molecule has 0 spiro atoms. The van der Waals surface area contributed by atoms with Crippen molar-refractivity contribution in [2.75, 3.05) is 6.54 Å². The number of nitrogens with one attached hydrogen (secondary N) is 1. The van der Waals surface area contributed by atoms with Crippen LogP contribution < -0.4 is 21.1 Å². The van der Waals surface area contributed by atoms with Crippen molar-refractivity contribution in [1.82, 2.24) is 10.5 Å². The van der Waals surface area contributed by atoms with Gasteiger partial charge < -0.3 is 10.6 Å². The van der Waals surface area contributed by atoms with E-state index in [-0.39, 0.29) is 0 Å². The first kappa shape index (κ1) is 8.21. The predicted molar refractivity (Wildman–Crippen MR) is 51.0 cm³/mol. The third-order valence-electron chi connectivity index (χ3n) is 1.53. The molecule has 2 heterocycles. The van der Waals surface area contributed by atoms with E-state index in [9.17, 15) is 0 Å². The maximum atomic E-state index is 5.37. The maximum Gasteiger partial charge on any atom is 0.267 e. The summed E-state index contributed by atoms with van der Waals surface area (Å²) >= 11 is 1.44. The number of rotatable bonds is 1. The molecule has 0 radical (unpaired) electrons. The number of amidine groups is 1. The van der Waals surface area contributed by atoms with Crippen LogP contribution in [0.5, 0.6) is 0 Å². The molecule has 13 heavy (non-hydrogen) atoms. The van der Waals surface area contributed by atoms with Crippen LogP contribution in [0, 0.1) is 0 Å². The third-order valence-corrected chi connectivity index (χ3v) is 2.39. The first-order chi connectivity index (χ1) is 6.31. The lowest BCUT2D eigenvalue weighted by Crippen LogP contribution is -2.25. The van der Waals surface area contributed by atoms with Crippen molar-refractivity contribution in [3.63, 3.8) is 0 Å². The minimum atomic E-state index is 0.328. The molecule has 0 aromatic carbocycles. The van der Waals surface area contributed by atoms with Gasteiger partial charge in [0.05, 0.1) is 17.4 Å². The Kier molecular flexibility index (Phi) is 1.99. The van der Waals surface area contributed by atoms with Gasteiger partial charge in [-0.1, -0.05) is 6.58 Å². The molecule has 0 aliphatic carbocycles. The fourth-order valence-electron chi connectivity index (χ4n) is 0.903. The fourth-order valence-corrected chi connectivity index (χ4v) is 1.57. The zero-order valence-corrected chi connectivity index (χ0v) is 7.60. The van der Waals surface area contributed by atoms with Crippen LogP contribution in [0.3, 0.4) is 0 Å². The highest BCUT2D eigenvalue weighted by atomic mass is 32.1. The lowest BCUT2D eigenvalue weighted by Gasteiger charge is -1.93. The Hall–Kier alpha value is -1.40. The van der Waals surface area contributed by atoms with Gasteiger partial charge in [0.15, 0.2) is 5.84 Å². The molecule has 1 aliphatic rings. The summed E-state index contributed by atoms with van der Waals surface area (Å²) < 4.78 is 0.830. The molecule has 0 bridgehead atoms. The van der Waals surface area contributed by atoms with E-state index in [1.54, 1.807) is 5.51 Å². The van der Waals surface area contributed by atoms with Crippen LogP contribution >= 0.6 is 11.3 Å². The highest BCUT2D eigenvalue weighted by Crippen LogP contribution is 2.02. The van der Waals surface area contributed by atoms with Crippen LogP contribution in [-0.2, 0) is 4.84 Å². The molecule has 3 N–H and O–H groups in total. The number of nitrogens with two attached hydrogens (primary N) is 1. The van der Waals surface area contributed by atoms with Gasteiger partial charge in [0, 0.05) is 0 Å². The molecule has 0 saturated heterocycles. The average molecular weight is 196 g/mol. The van der Waals surface area contributed by atoms with Crippen LogP contribution in [0.4, 0.5) is 0 Å². The van der Waals surface area contributed by atoms with Crippen molar-refractivity contribution in [3.8, 4) is 0 Å². The van der Waals surface area contributed by atoms with Crippen molar-refractivity contribution in [2.45, 2.75) is 0 Å². The van der Waals surface area contributed by atoms with E-state index in [0.717, 1.165) is 4.53 Å². The smallest absolute Gasteiger partial charge is 0.267 e. The second-order valence-corrected chi connectivity index (χ2v) is 3.25. The Morgan fingerprint density at radius 1 is 1.69 bits per heavy atom. The van der Waals surface area contributed by atoms with E-state index in [4.69, 9.17) is 10.6 Å². The largest absolute Gasteiger partial charge is 0.359 e. The summed E-state index contributed by atoms with van der Waals surface area (Å²) in [5.41, 5.74) is 9.68. The topological polar surface area (TPSA) is 72.5 Å². The van der Waals surface area contributed by atoms with Crippen molar-refractivity contribution >= 4 is 29.6 Å². The minimum absolute atomic E-state index is 0.328. The Labute approximate surface area is 78.2 Å². The zero-order chi connectivity index (χ0) is 9.26. The molecule has 0 atom stereocenters. The lowest BCUT2D eigenvalue weighted by molar-refractivity contribution is 0.229. The molecule has 2 rings (SSSR count). The number of aromatic nitrogens is 1. The average Bonchev–Trinajstić information content (AvgIpc) is 2.71. The van der Waals surface area contributed by atoms with Crippen LogP contribution in [0.25, 0.3) is 12.5 Å². The van der Waals surface area contributed by atoms with Crippen molar-refractivity contribution in [1.29, 1.82) is 0 Å². The Morgan fingerprint density at radius 2 is 2.54 bits per heavy atom. The van der Waals surface area contributed by atoms with Gasteiger partial charge in [-0.15, -0.1) is 11.3 Å². The predicted octanol–water partition coefficient (Wildman–Crippen LogP) is -1.49. The Balaban J connectivity index is 2.55.